The van der Waals surface area contributed by atoms with Gasteiger partial charge in [-0.3, -0.25) is 19.5 Å². The van der Waals surface area contributed by atoms with Crippen molar-refractivity contribution in [2.75, 3.05) is 0 Å². The average molecular weight is 495 g/mol. The van der Waals surface area contributed by atoms with Crippen molar-refractivity contribution in [3.63, 3.8) is 0 Å². The molecule has 2 aromatic carbocycles. The van der Waals surface area contributed by atoms with Crippen LogP contribution in [0.1, 0.15) is 67.8 Å². The predicted molar refractivity (Wildman–Crippen MR) is 136 cm³/mol. The van der Waals surface area contributed by atoms with Gasteiger partial charge in [0.05, 0.1) is 17.7 Å². The number of phenolic OH excluding ortho intramolecular Hbond substituents is 1. The van der Waals surface area contributed by atoms with Crippen molar-refractivity contribution in [2.24, 2.45) is 0 Å². The average Bonchev–Trinajstić information content (AvgIpc) is 3.05. The molecule has 0 saturated carbocycles. The van der Waals surface area contributed by atoms with Crippen LogP contribution in [-0.2, 0) is 6.54 Å². The van der Waals surface area contributed by atoms with Gasteiger partial charge in [0, 0.05) is 11.6 Å². The fraction of sp³-hybridized carbons (Fsp3) is 0.370. The molecule has 1 N–H and O–H groups in total. The van der Waals surface area contributed by atoms with Crippen LogP contribution in [0.15, 0.2) is 42.6 Å². The molecule has 0 bridgehead atoms. The number of hydrogen-bond donors (Lipinski definition) is 1. The summed E-state index contributed by atoms with van der Waals surface area (Å²) in [6.45, 7) is 12.8. The number of aromatic hydroxyl groups is 1. The summed E-state index contributed by atoms with van der Waals surface area (Å²) in [6.07, 6.45) is 1.59. The molecule has 1 aliphatic heterocycles. The van der Waals surface area contributed by atoms with Gasteiger partial charge in [0.15, 0.2) is 0 Å². The van der Waals surface area contributed by atoms with Crippen molar-refractivity contribution in [1.82, 2.24) is 9.88 Å². The minimum atomic E-state index is -2.55. The molecule has 0 spiro atoms. The van der Waals surface area contributed by atoms with E-state index in [0.29, 0.717) is 16.5 Å². The molecule has 1 aliphatic rings. The first-order valence-corrected chi connectivity index (χ1v) is 14.1. The highest BCUT2D eigenvalue weighted by atomic mass is 28.4. The van der Waals surface area contributed by atoms with Gasteiger partial charge in [0.1, 0.15) is 22.8 Å². The van der Waals surface area contributed by atoms with Crippen LogP contribution in [0.25, 0.3) is 10.9 Å². The van der Waals surface area contributed by atoms with Gasteiger partial charge in [-0.2, -0.15) is 0 Å². The number of amides is 2. The van der Waals surface area contributed by atoms with Gasteiger partial charge in [-0.05, 0) is 46.5 Å². The number of hydrogen-bond acceptors (Lipinski definition) is 5. The van der Waals surface area contributed by atoms with E-state index in [4.69, 9.17) is 4.43 Å². The van der Waals surface area contributed by atoms with E-state index in [9.17, 15) is 19.1 Å². The van der Waals surface area contributed by atoms with Crippen molar-refractivity contribution in [3.8, 4) is 11.5 Å². The maximum absolute atomic E-state index is 13.7. The lowest BCUT2D eigenvalue weighted by atomic mass is 10.0. The Morgan fingerprint density at radius 2 is 1.51 bits per heavy atom. The highest BCUT2D eigenvalue weighted by molar-refractivity contribution is 6.78. The number of carbonyl (C=O) groups is 2. The number of halogens is 1. The molecule has 0 saturated heterocycles. The van der Waals surface area contributed by atoms with Crippen LogP contribution in [0.2, 0.25) is 16.6 Å². The molecule has 2 heterocycles. The highest BCUT2D eigenvalue weighted by Crippen LogP contribution is 2.49. The minimum Gasteiger partial charge on any atom is -0.541 e. The second-order valence-corrected chi connectivity index (χ2v) is 15.4. The summed E-state index contributed by atoms with van der Waals surface area (Å²) < 4.78 is 20.3. The summed E-state index contributed by atoms with van der Waals surface area (Å²) in [7, 11) is -2.55. The van der Waals surface area contributed by atoms with Crippen LogP contribution in [0.5, 0.6) is 11.5 Å². The van der Waals surface area contributed by atoms with Crippen molar-refractivity contribution in [1.29, 1.82) is 0 Å². The Bertz CT molecular complexity index is 1280. The topological polar surface area (TPSA) is 79.7 Å². The van der Waals surface area contributed by atoms with Gasteiger partial charge in [-0.1, -0.05) is 53.7 Å². The normalized spacial score (nSPS) is 14.1. The Morgan fingerprint density at radius 1 is 0.943 bits per heavy atom. The van der Waals surface area contributed by atoms with E-state index in [-0.39, 0.29) is 45.8 Å². The molecule has 6 nitrogen and oxygen atoms in total. The highest BCUT2D eigenvalue weighted by Gasteiger charge is 2.50. The summed E-state index contributed by atoms with van der Waals surface area (Å²) in [5.74, 6) is -1.56. The predicted octanol–water partition coefficient (Wildman–Crippen LogP) is 6.43. The molecular formula is C27H31FN2O4Si. The monoisotopic (exact) mass is 494 g/mol. The molecule has 0 radical (unpaired) electrons. The van der Waals surface area contributed by atoms with Crippen LogP contribution in [0.3, 0.4) is 0 Å². The standard InChI is InChI=1S/C27H31FN2O4Si/c1-15(2)35(16(3)4,17(5)6)34-25-22-21(24(31)20-8-7-13-29-23(20)25)26(32)30(27(22)33)14-18-9-11-19(28)12-10-18/h7-13,15-17,31H,14H2,1-6H3. The largest absolute Gasteiger partial charge is 0.541 e. The van der Waals surface area contributed by atoms with E-state index in [1.807, 2.05) is 0 Å². The maximum atomic E-state index is 13.7. The number of pyridine rings is 1. The Kier molecular flexibility index (Phi) is 6.44. The zero-order valence-electron chi connectivity index (χ0n) is 20.9. The molecule has 3 aromatic rings. The third kappa shape index (κ3) is 3.89. The van der Waals surface area contributed by atoms with E-state index in [1.165, 1.54) is 24.3 Å². The van der Waals surface area contributed by atoms with Crippen molar-refractivity contribution < 1.29 is 23.5 Å². The van der Waals surface area contributed by atoms with E-state index in [2.05, 4.69) is 46.5 Å². The molecule has 4 rings (SSSR count). The van der Waals surface area contributed by atoms with E-state index >= 15 is 0 Å². The third-order valence-corrected chi connectivity index (χ3v) is 13.1. The Labute approximate surface area is 205 Å². The lowest BCUT2D eigenvalue weighted by Gasteiger charge is -2.42. The molecule has 35 heavy (non-hydrogen) atoms. The Balaban J connectivity index is 1.94. The Morgan fingerprint density at radius 3 is 2.09 bits per heavy atom. The van der Waals surface area contributed by atoms with Crippen LogP contribution < -0.4 is 4.43 Å². The van der Waals surface area contributed by atoms with Gasteiger partial charge >= 0.3 is 0 Å². The lowest BCUT2D eigenvalue weighted by molar-refractivity contribution is 0.0641. The zero-order chi connectivity index (χ0) is 25.7. The van der Waals surface area contributed by atoms with Gasteiger partial charge in [-0.15, -0.1) is 0 Å². The molecule has 0 aliphatic carbocycles. The zero-order valence-corrected chi connectivity index (χ0v) is 21.9. The van der Waals surface area contributed by atoms with Gasteiger partial charge in [-0.25, -0.2) is 4.39 Å². The van der Waals surface area contributed by atoms with Crippen LogP contribution in [0.4, 0.5) is 4.39 Å². The van der Waals surface area contributed by atoms with Gasteiger partial charge in [0.25, 0.3) is 20.1 Å². The number of aromatic nitrogens is 1. The quantitative estimate of drug-likeness (QED) is 0.302. The number of phenols is 1. The molecule has 2 amide bonds. The first-order valence-electron chi connectivity index (χ1n) is 11.9. The summed E-state index contributed by atoms with van der Waals surface area (Å²) in [6, 6.07) is 8.98. The van der Waals surface area contributed by atoms with E-state index in [0.717, 1.165) is 4.90 Å². The molecular weight excluding hydrogens is 463 g/mol. The fourth-order valence-corrected chi connectivity index (χ4v) is 10.8. The van der Waals surface area contributed by atoms with E-state index in [1.54, 1.807) is 18.3 Å². The summed E-state index contributed by atoms with van der Waals surface area (Å²) in [5.41, 5.74) is 1.61. The SMILES string of the molecule is CC(C)[Si](Oc1c2c(c(O)c3cccnc13)C(=O)N(Cc1ccc(F)cc1)C2=O)(C(C)C)C(C)C. The number of rotatable bonds is 7. The number of carbonyl (C=O) groups excluding carboxylic acids is 2. The van der Waals surface area contributed by atoms with Crippen LogP contribution >= 0.6 is 0 Å². The number of benzene rings is 2. The second kappa shape index (κ2) is 9.07. The van der Waals surface area contributed by atoms with Crippen LogP contribution in [-0.4, -0.2) is 35.1 Å². The number of imide groups is 1. The molecule has 0 atom stereocenters. The maximum Gasteiger partial charge on any atom is 0.265 e. The molecule has 1 aromatic heterocycles. The number of nitrogens with zero attached hydrogens (tertiary/aromatic N) is 2. The molecule has 0 unspecified atom stereocenters. The van der Waals surface area contributed by atoms with Crippen molar-refractivity contribution in [2.45, 2.75) is 64.7 Å². The third-order valence-electron chi connectivity index (χ3n) is 7.15. The first kappa shape index (κ1) is 24.8. The van der Waals surface area contributed by atoms with Gasteiger partial charge < -0.3 is 9.53 Å². The van der Waals surface area contributed by atoms with Crippen molar-refractivity contribution >= 4 is 31.0 Å². The fourth-order valence-electron chi connectivity index (χ4n) is 5.58. The van der Waals surface area contributed by atoms with Crippen LogP contribution in [0, 0.1) is 5.82 Å². The summed E-state index contributed by atoms with van der Waals surface area (Å²) in [5, 5.41) is 11.5. The summed E-state index contributed by atoms with van der Waals surface area (Å²) in [4.78, 5) is 32.7. The van der Waals surface area contributed by atoms with E-state index < -0.39 is 25.9 Å². The number of fused-ring (bicyclic) bond motifs is 2. The second-order valence-electron chi connectivity index (χ2n) is 10.1. The minimum absolute atomic E-state index is 0.0452. The smallest absolute Gasteiger partial charge is 0.265 e. The molecule has 0 fully saturated rings. The van der Waals surface area contributed by atoms with Crippen molar-refractivity contribution in [3.05, 3.63) is 65.1 Å². The van der Waals surface area contributed by atoms with Gasteiger partial charge in [0.2, 0.25) is 0 Å². The Hall–Kier alpha value is -3.26. The molecule has 184 valence electrons. The molecule has 8 heteroatoms. The first-order chi connectivity index (χ1) is 16.5. The lowest BCUT2D eigenvalue weighted by Crippen LogP contribution is -2.51. The summed E-state index contributed by atoms with van der Waals surface area (Å²) >= 11 is 0.